The van der Waals surface area contributed by atoms with Crippen molar-refractivity contribution in [1.82, 2.24) is 0 Å². The number of hydrogen-bond acceptors (Lipinski definition) is 2. The van der Waals surface area contributed by atoms with E-state index < -0.39 is 5.60 Å². The predicted octanol–water partition coefficient (Wildman–Crippen LogP) is 4.01. The van der Waals surface area contributed by atoms with Crippen LogP contribution in [0.1, 0.15) is 51.0 Å². The fourth-order valence-electron chi connectivity index (χ4n) is 2.82. The Labute approximate surface area is 103 Å². The van der Waals surface area contributed by atoms with E-state index in [0.29, 0.717) is 0 Å². The Morgan fingerprint density at radius 3 is 3.00 bits per heavy atom. The van der Waals surface area contributed by atoms with Gasteiger partial charge in [0.2, 0.25) is 0 Å². The second-order valence-corrected chi connectivity index (χ2v) is 6.02. The molecule has 2 unspecified atom stereocenters. The van der Waals surface area contributed by atoms with Crippen molar-refractivity contribution in [2.75, 3.05) is 0 Å². The van der Waals surface area contributed by atoms with Crippen molar-refractivity contribution in [2.24, 2.45) is 5.92 Å². The predicted molar refractivity (Wildman–Crippen MR) is 69.8 cm³/mol. The maximum atomic E-state index is 10.6. The highest BCUT2D eigenvalue weighted by Gasteiger charge is 2.30. The molecule has 1 aromatic heterocycles. The summed E-state index contributed by atoms with van der Waals surface area (Å²) in [7, 11) is 0. The van der Waals surface area contributed by atoms with Crippen LogP contribution >= 0.6 is 11.3 Å². The molecule has 1 fully saturated rings. The van der Waals surface area contributed by atoms with Crippen LogP contribution in [-0.4, -0.2) is 10.7 Å². The standard InChI is InChI=1S/C14H22OS/c1-2-12-4-3-7-14(15,8-5-12)10-13-6-9-16-11-13/h6,9,11-12,15H,2-5,7-8,10H2,1H3. The van der Waals surface area contributed by atoms with E-state index in [-0.39, 0.29) is 0 Å². The number of rotatable bonds is 3. The molecule has 0 radical (unpaired) electrons. The minimum Gasteiger partial charge on any atom is -0.390 e. The van der Waals surface area contributed by atoms with Crippen LogP contribution in [0.2, 0.25) is 0 Å². The average molecular weight is 238 g/mol. The first-order valence-corrected chi connectivity index (χ1v) is 7.39. The smallest absolute Gasteiger partial charge is 0.0688 e. The van der Waals surface area contributed by atoms with Gasteiger partial charge in [-0.05, 0) is 47.6 Å². The van der Waals surface area contributed by atoms with E-state index in [1.165, 1.54) is 31.2 Å². The van der Waals surface area contributed by atoms with E-state index in [2.05, 4.69) is 23.8 Å². The molecule has 90 valence electrons. The number of hydrogen-bond donors (Lipinski definition) is 1. The van der Waals surface area contributed by atoms with Crippen LogP contribution in [-0.2, 0) is 6.42 Å². The second-order valence-electron chi connectivity index (χ2n) is 5.24. The topological polar surface area (TPSA) is 20.2 Å². The molecule has 1 aliphatic rings. The highest BCUT2D eigenvalue weighted by Crippen LogP contribution is 2.34. The summed E-state index contributed by atoms with van der Waals surface area (Å²) >= 11 is 1.73. The Morgan fingerprint density at radius 2 is 2.31 bits per heavy atom. The van der Waals surface area contributed by atoms with Gasteiger partial charge in [-0.1, -0.05) is 26.2 Å². The van der Waals surface area contributed by atoms with Crippen LogP contribution in [0.25, 0.3) is 0 Å². The maximum absolute atomic E-state index is 10.6. The third kappa shape index (κ3) is 3.08. The lowest BCUT2D eigenvalue weighted by molar-refractivity contribution is 0.0242. The minimum atomic E-state index is -0.426. The van der Waals surface area contributed by atoms with Gasteiger partial charge in [0, 0.05) is 6.42 Å². The van der Waals surface area contributed by atoms with E-state index in [1.54, 1.807) is 11.3 Å². The Morgan fingerprint density at radius 1 is 1.44 bits per heavy atom. The zero-order chi connectivity index (χ0) is 11.4. The lowest BCUT2D eigenvalue weighted by Gasteiger charge is -2.26. The molecule has 2 atom stereocenters. The summed E-state index contributed by atoms with van der Waals surface area (Å²) in [5.41, 5.74) is 0.882. The number of thiophene rings is 1. The van der Waals surface area contributed by atoms with Gasteiger partial charge >= 0.3 is 0 Å². The first kappa shape index (κ1) is 12.1. The second kappa shape index (κ2) is 5.33. The molecule has 1 N–H and O–H groups in total. The largest absolute Gasteiger partial charge is 0.390 e. The monoisotopic (exact) mass is 238 g/mol. The molecule has 1 nitrogen and oxygen atoms in total. The Bertz CT molecular complexity index is 307. The van der Waals surface area contributed by atoms with Gasteiger partial charge in [-0.15, -0.1) is 0 Å². The maximum Gasteiger partial charge on any atom is 0.0688 e. The van der Waals surface area contributed by atoms with Gasteiger partial charge in [-0.3, -0.25) is 0 Å². The van der Waals surface area contributed by atoms with Crippen molar-refractivity contribution in [1.29, 1.82) is 0 Å². The Kier molecular flexibility index (Phi) is 4.04. The molecule has 0 bridgehead atoms. The highest BCUT2D eigenvalue weighted by molar-refractivity contribution is 7.07. The van der Waals surface area contributed by atoms with Crippen molar-refractivity contribution in [3.8, 4) is 0 Å². The van der Waals surface area contributed by atoms with E-state index in [9.17, 15) is 5.11 Å². The third-order valence-corrected chi connectivity index (χ3v) is 4.70. The molecule has 1 heterocycles. The molecular weight excluding hydrogens is 216 g/mol. The van der Waals surface area contributed by atoms with E-state index in [4.69, 9.17) is 0 Å². The molecule has 0 amide bonds. The van der Waals surface area contributed by atoms with E-state index in [0.717, 1.165) is 25.2 Å². The van der Waals surface area contributed by atoms with Gasteiger partial charge in [-0.2, -0.15) is 11.3 Å². The summed E-state index contributed by atoms with van der Waals surface area (Å²) < 4.78 is 0. The molecule has 0 spiro atoms. The molecule has 1 aliphatic carbocycles. The van der Waals surface area contributed by atoms with Crippen molar-refractivity contribution >= 4 is 11.3 Å². The van der Waals surface area contributed by atoms with Crippen LogP contribution in [0.4, 0.5) is 0 Å². The first-order chi connectivity index (χ1) is 7.72. The molecule has 0 aromatic carbocycles. The fraction of sp³-hybridized carbons (Fsp3) is 0.714. The molecular formula is C14H22OS. The van der Waals surface area contributed by atoms with Crippen molar-refractivity contribution < 1.29 is 5.11 Å². The average Bonchev–Trinajstić information content (AvgIpc) is 2.68. The number of aliphatic hydroxyl groups is 1. The van der Waals surface area contributed by atoms with Gasteiger partial charge in [0.25, 0.3) is 0 Å². The molecule has 1 saturated carbocycles. The third-order valence-electron chi connectivity index (χ3n) is 3.96. The summed E-state index contributed by atoms with van der Waals surface area (Å²) in [5.74, 6) is 0.844. The fourth-order valence-corrected chi connectivity index (χ4v) is 3.49. The van der Waals surface area contributed by atoms with Gasteiger partial charge in [-0.25, -0.2) is 0 Å². The van der Waals surface area contributed by atoms with Crippen molar-refractivity contribution in [2.45, 2.75) is 57.5 Å². The SMILES string of the molecule is CCC1CCCC(O)(Cc2ccsc2)CC1. The zero-order valence-electron chi connectivity index (χ0n) is 10.1. The summed E-state index contributed by atoms with van der Waals surface area (Å²) in [6.07, 6.45) is 7.81. The van der Waals surface area contributed by atoms with Gasteiger partial charge in [0.05, 0.1) is 5.60 Å². The quantitative estimate of drug-likeness (QED) is 0.789. The normalized spacial score (nSPS) is 31.2. The van der Waals surface area contributed by atoms with Gasteiger partial charge in [0.15, 0.2) is 0 Å². The first-order valence-electron chi connectivity index (χ1n) is 6.45. The molecule has 2 heteroatoms. The summed E-state index contributed by atoms with van der Waals surface area (Å²) in [6, 6.07) is 2.14. The summed E-state index contributed by atoms with van der Waals surface area (Å²) in [5, 5.41) is 14.9. The summed E-state index contributed by atoms with van der Waals surface area (Å²) in [4.78, 5) is 0. The van der Waals surface area contributed by atoms with Crippen molar-refractivity contribution in [3.63, 3.8) is 0 Å². The molecule has 2 rings (SSSR count). The lowest BCUT2D eigenvalue weighted by atomic mass is 9.88. The van der Waals surface area contributed by atoms with Crippen LogP contribution in [0.5, 0.6) is 0 Å². The van der Waals surface area contributed by atoms with E-state index in [1.807, 2.05) is 0 Å². The Balaban J connectivity index is 1.96. The molecule has 0 saturated heterocycles. The lowest BCUT2D eigenvalue weighted by Crippen LogP contribution is -2.30. The van der Waals surface area contributed by atoms with Crippen LogP contribution in [0.3, 0.4) is 0 Å². The van der Waals surface area contributed by atoms with E-state index >= 15 is 0 Å². The van der Waals surface area contributed by atoms with Crippen LogP contribution in [0.15, 0.2) is 16.8 Å². The molecule has 1 aromatic rings. The Hall–Kier alpha value is -0.340. The van der Waals surface area contributed by atoms with Crippen molar-refractivity contribution in [3.05, 3.63) is 22.4 Å². The zero-order valence-corrected chi connectivity index (χ0v) is 10.9. The van der Waals surface area contributed by atoms with Crippen LogP contribution < -0.4 is 0 Å². The molecule has 0 aliphatic heterocycles. The van der Waals surface area contributed by atoms with Gasteiger partial charge < -0.3 is 5.11 Å². The van der Waals surface area contributed by atoms with Crippen LogP contribution in [0, 0.1) is 5.92 Å². The highest BCUT2D eigenvalue weighted by atomic mass is 32.1. The molecule has 16 heavy (non-hydrogen) atoms. The summed E-state index contributed by atoms with van der Waals surface area (Å²) in [6.45, 7) is 2.27. The van der Waals surface area contributed by atoms with Gasteiger partial charge in [0.1, 0.15) is 0 Å². The minimum absolute atomic E-state index is 0.426.